The molecular formula is C57H98O5. The minimum Gasteiger partial charge on any atom is -0.462 e. The number of ether oxygens (including phenoxy) is 3. The molecule has 0 aromatic carbocycles. The molecule has 0 radical (unpaired) electrons. The Morgan fingerprint density at radius 2 is 0.726 bits per heavy atom. The molecule has 0 aliphatic carbocycles. The van der Waals surface area contributed by atoms with Crippen molar-refractivity contribution in [3.63, 3.8) is 0 Å². The summed E-state index contributed by atoms with van der Waals surface area (Å²) >= 11 is 0. The molecule has 0 heterocycles. The van der Waals surface area contributed by atoms with E-state index in [2.05, 4.69) is 106 Å². The highest BCUT2D eigenvalue weighted by molar-refractivity contribution is 5.70. The Kier molecular flexibility index (Phi) is 50.0. The Morgan fingerprint density at radius 1 is 0.371 bits per heavy atom. The summed E-state index contributed by atoms with van der Waals surface area (Å²) in [4.78, 5) is 25.4. The average molecular weight is 863 g/mol. The topological polar surface area (TPSA) is 61.8 Å². The maximum Gasteiger partial charge on any atom is 0.306 e. The van der Waals surface area contributed by atoms with Crippen molar-refractivity contribution in [2.45, 2.75) is 245 Å². The molecule has 1 unspecified atom stereocenters. The van der Waals surface area contributed by atoms with Crippen LogP contribution >= 0.6 is 0 Å². The molecular weight excluding hydrogens is 765 g/mol. The van der Waals surface area contributed by atoms with Crippen LogP contribution in [0.25, 0.3) is 0 Å². The van der Waals surface area contributed by atoms with Gasteiger partial charge >= 0.3 is 11.9 Å². The summed E-state index contributed by atoms with van der Waals surface area (Å²) in [5, 5.41) is 0. The van der Waals surface area contributed by atoms with E-state index in [1.54, 1.807) is 0 Å². The summed E-state index contributed by atoms with van der Waals surface area (Å²) in [7, 11) is 0. The molecule has 356 valence electrons. The molecule has 0 saturated carbocycles. The Hall–Kier alpha value is -2.92. The van der Waals surface area contributed by atoms with Gasteiger partial charge in [0.2, 0.25) is 0 Å². The first-order valence-corrected chi connectivity index (χ1v) is 26.1. The minimum absolute atomic E-state index is 0.0601. The second-order valence-electron chi connectivity index (χ2n) is 17.0. The van der Waals surface area contributed by atoms with Gasteiger partial charge in [-0.15, -0.1) is 0 Å². The van der Waals surface area contributed by atoms with Crippen molar-refractivity contribution in [3.8, 4) is 0 Å². The van der Waals surface area contributed by atoms with Gasteiger partial charge in [0, 0.05) is 19.4 Å². The fourth-order valence-electron chi connectivity index (χ4n) is 7.06. The zero-order chi connectivity index (χ0) is 44.9. The fraction of sp³-hybridized carbons (Fsp3) is 0.719. The number of carbonyl (C=O) groups is 2. The van der Waals surface area contributed by atoms with Gasteiger partial charge in [0.15, 0.2) is 6.10 Å². The van der Waals surface area contributed by atoms with Gasteiger partial charge < -0.3 is 14.2 Å². The van der Waals surface area contributed by atoms with E-state index in [0.717, 1.165) is 96.3 Å². The van der Waals surface area contributed by atoms with E-state index in [0.29, 0.717) is 19.4 Å². The molecule has 0 bridgehead atoms. The standard InChI is InChI=1S/C57H98O5/c1-4-7-10-13-16-19-22-25-27-28-29-30-31-33-35-38-41-44-47-50-56(58)61-54-55(53-60-52-49-46-43-40-37-34-26-23-20-17-14-11-8-5-2)62-57(59)51-48-45-42-39-36-32-24-21-18-15-12-9-6-3/h8-9,11-12,17-18,20-21,25-27,32,34,36,55H,4-7,10,13-16,19,22-24,28-31,33,35,37-54H2,1-3H3/b11-8-,12-9-,20-17-,21-18-,27-25-,34-26-,36-32-. The lowest BCUT2D eigenvalue weighted by atomic mass is 10.1. The van der Waals surface area contributed by atoms with Crippen molar-refractivity contribution < 1.29 is 23.8 Å². The molecule has 0 aromatic heterocycles. The second kappa shape index (κ2) is 52.4. The van der Waals surface area contributed by atoms with Crippen molar-refractivity contribution in [2.24, 2.45) is 0 Å². The van der Waals surface area contributed by atoms with Crippen molar-refractivity contribution in [2.75, 3.05) is 19.8 Å². The molecule has 0 spiro atoms. The van der Waals surface area contributed by atoms with Crippen LogP contribution in [0.1, 0.15) is 239 Å². The number of carbonyl (C=O) groups excluding carboxylic acids is 2. The molecule has 0 saturated heterocycles. The van der Waals surface area contributed by atoms with Crippen LogP contribution in [0.15, 0.2) is 85.1 Å². The molecule has 0 aromatic rings. The fourth-order valence-corrected chi connectivity index (χ4v) is 7.06. The highest BCUT2D eigenvalue weighted by atomic mass is 16.6. The number of hydrogen-bond donors (Lipinski definition) is 0. The largest absolute Gasteiger partial charge is 0.462 e. The SMILES string of the molecule is CC/C=C\C/C=C\C/C=C\CCCCCCOCC(COC(=O)CCCCCCCCCCC/C=C\CCCCCCCC)OC(=O)CCCCC/C=C\C/C=C\C/C=C\CC. The summed E-state index contributed by atoms with van der Waals surface area (Å²) in [5.41, 5.74) is 0. The molecule has 0 amide bonds. The van der Waals surface area contributed by atoms with Gasteiger partial charge in [0.25, 0.3) is 0 Å². The van der Waals surface area contributed by atoms with Gasteiger partial charge in [-0.1, -0.05) is 202 Å². The highest BCUT2D eigenvalue weighted by Gasteiger charge is 2.17. The number of esters is 2. The van der Waals surface area contributed by atoms with E-state index in [1.165, 1.54) is 109 Å². The lowest BCUT2D eigenvalue weighted by Gasteiger charge is -2.18. The van der Waals surface area contributed by atoms with Gasteiger partial charge in [0.1, 0.15) is 6.61 Å². The lowest BCUT2D eigenvalue weighted by molar-refractivity contribution is -0.163. The van der Waals surface area contributed by atoms with Gasteiger partial charge in [-0.05, 0) is 109 Å². The highest BCUT2D eigenvalue weighted by Crippen LogP contribution is 2.14. The van der Waals surface area contributed by atoms with E-state index in [4.69, 9.17) is 14.2 Å². The van der Waals surface area contributed by atoms with Crippen LogP contribution in [-0.2, 0) is 23.8 Å². The third-order valence-electron chi connectivity index (χ3n) is 10.9. The van der Waals surface area contributed by atoms with E-state index in [1.807, 2.05) is 0 Å². The van der Waals surface area contributed by atoms with Crippen LogP contribution in [-0.4, -0.2) is 37.9 Å². The maximum absolute atomic E-state index is 12.8. The zero-order valence-corrected chi connectivity index (χ0v) is 40.9. The first-order valence-electron chi connectivity index (χ1n) is 26.1. The number of unbranched alkanes of at least 4 members (excludes halogenated alkanes) is 22. The molecule has 0 aliphatic heterocycles. The quantitative estimate of drug-likeness (QED) is 0.0346. The third kappa shape index (κ3) is 49.7. The van der Waals surface area contributed by atoms with E-state index >= 15 is 0 Å². The molecule has 1 atom stereocenters. The molecule has 0 fully saturated rings. The van der Waals surface area contributed by atoms with Crippen LogP contribution in [0.2, 0.25) is 0 Å². The Bertz CT molecular complexity index is 1160. The summed E-state index contributed by atoms with van der Waals surface area (Å²) in [6.07, 6.45) is 68.8. The van der Waals surface area contributed by atoms with E-state index in [-0.39, 0.29) is 25.2 Å². The predicted molar refractivity (Wildman–Crippen MR) is 270 cm³/mol. The Balaban J connectivity index is 4.30. The van der Waals surface area contributed by atoms with Crippen LogP contribution < -0.4 is 0 Å². The molecule has 5 nitrogen and oxygen atoms in total. The Morgan fingerprint density at radius 3 is 1.19 bits per heavy atom. The minimum atomic E-state index is -0.567. The molecule has 0 rings (SSSR count). The number of allylic oxidation sites excluding steroid dienone is 14. The molecule has 0 N–H and O–H groups in total. The van der Waals surface area contributed by atoms with Crippen LogP contribution in [0.5, 0.6) is 0 Å². The van der Waals surface area contributed by atoms with Crippen LogP contribution in [0.4, 0.5) is 0 Å². The van der Waals surface area contributed by atoms with Gasteiger partial charge in [-0.2, -0.15) is 0 Å². The van der Waals surface area contributed by atoms with Crippen molar-refractivity contribution in [3.05, 3.63) is 85.1 Å². The van der Waals surface area contributed by atoms with E-state index < -0.39 is 6.10 Å². The van der Waals surface area contributed by atoms with Gasteiger partial charge in [0.05, 0.1) is 6.61 Å². The van der Waals surface area contributed by atoms with E-state index in [9.17, 15) is 9.59 Å². The molecule has 5 heteroatoms. The summed E-state index contributed by atoms with van der Waals surface area (Å²) in [6, 6.07) is 0. The maximum atomic E-state index is 12.8. The molecule has 62 heavy (non-hydrogen) atoms. The summed E-state index contributed by atoms with van der Waals surface area (Å²) in [5.74, 6) is -0.446. The first kappa shape index (κ1) is 59.1. The normalized spacial score (nSPS) is 12.9. The smallest absolute Gasteiger partial charge is 0.306 e. The molecule has 0 aliphatic rings. The second-order valence-corrected chi connectivity index (χ2v) is 17.0. The number of hydrogen-bond acceptors (Lipinski definition) is 5. The average Bonchev–Trinajstić information content (AvgIpc) is 3.27. The summed E-state index contributed by atoms with van der Waals surface area (Å²) in [6.45, 7) is 7.52. The van der Waals surface area contributed by atoms with Crippen molar-refractivity contribution >= 4 is 11.9 Å². The lowest BCUT2D eigenvalue weighted by Crippen LogP contribution is -2.30. The zero-order valence-electron chi connectivity index (χ0n) is 40.9. The van der Waals surface area contributed by atoms with Crippen molar-refractivity contribution in [1.29, 1.82) is 0 Å². The first-order chi connectivity index (χ1) is 30.6. The number of rotatable bonds is 47. The summed E-state index contributed by atoms with van der Waals surface area (Å²) < 4.78 is 17.4. The monoisotopic (exact) mass is 863 g/mol. The van der Waals surface area contributed by atoms with Gasteiger partial charge in [-0.25, -0.2) is 0 Å². The predicted octanol–water partition coefficient (Wildman–Crippen LogP) is 17.7. The van der Waals surface area contributed by atoms with Crippen LogP contribution in [0, 0.1) is 0 Å². The van der Waals surface area contributed by atoms with Gasteiger partial charge in [-0.3, -0.25) is 9.59 Å². The van der Waals surface area contributed by atoms with Crippen molar-refractivity contribution in [1.82, 2.24) is 0 Å². The van der Waals surface area contributed by atoms with Crippen LogP contribution in [0.3, 0.4) is 0 Å². The third-order valence-corrected chi connectivity index (χ3v) is 10.9. The Labute approximate surface area is 384 Å².